The second kappa shape index (κ2) is 5.86. The van der Waals surface area contributed by atoms with Crippen LogP contribution in [0.2, 0.25) is 0 Å². The zero-order valence-electron chi connectivity index (χ0n) is 12.3. The second-order valence-corrected chi connectivity index (χ2v) is 5.14. The Balaban J connectivity index is 2.00. The normalized spacial score (nSPS) is 12.2. The van der Waals surface area contributed by atoms with Gasteiger partial charge in [0.05, 0.1) is 5.69 Å². The van der Waals surface area contributed by atoms with Crippen LogP contribution in [0.25, 0.3) is 0 Å². The van der Waals surface area contributed by atoms with E-state index in [0.717, 1.165) is 22.5 Å². The van der Waals surface area contributed by atoms with Crippen molar-refractivity contribution in [3.05, 3.63) is 47.0 Å². The minimum absolute atomic E-state index is 0.0438. The Bertz CT molecular complexity index is 618. The number of aryl methyl sites for hydroxylation is 3. The molecule has 20 heavy (non-hydrogen) atoms. The molecule has 1 N–H and O–H groups in total. The highest BCUT2D eigenvalue weighted by atomic mass is 16.2. The van der Waals surface area contributed by atoms with Crippen LogP contribution in [0.3, 0.4) is 0 Å². The molecule has 0 radical (unpaired) electrons. The molecule has 2 heterocycles. The number of aromatic nitrogens is 3. The number of rotatable bonds is 4. The SMILES string of the molecule is Cc1cncc(CNC(=O)C(C)n2nc(C)cc2C)c1. The van der Waals surface area contributed by atoms with Crippen molar-refractivity contribution in [1.82, 2.24) is 20.1 Å². The van der Waals surface area contributed by atoms with E-state index in [1.54, 1.807) is 17.1 Å². The van der Waals surface area contributed by atoms with E-state index < -0.39 is 0 Å². The number of hydrogen-bond donors (Lipinski definition) is 1. The molecular formula is C15H20N4O. The summed E-state index contributed by atoms with van der Waals surface area (Å²) in [6, 6.07) is 3.66. The van der Waals surface area contributed by atoms with Gasteiger partial charge in [-0.05, 0) is 44.9 Å². The first-order valence-corrected chi connectivity index (χ1v) is 6.68. The fraction of sp³-hybridized carbons (Fsp3) is 0.400. The van der Waals surface area contributed by atoms with E-state index in [1.165, 1.54) is 0 Å². The molecule has 2 rings (SSSR count). The highest BCUT2D eigenvalue weighted by Crippen LogP contribution is 2.11. The van der Waals surface area contributed by atoms with Crippen LogP contribution in [0.1, 0.15) is 35.5 Å². The van der Waals surface area contributed by atoms with Crippen molar-refractivity contribution in [2.24, 2.45) is 0 Å². The highest BCUT2D eigenvalue weighted by Gasteiger charge is 2.17. The summed E-state index contributed by atoms with van der Waals surface area (Å²) in [5.74, 6) is -0.0438. The summed E-state index contributed by atoms with van der Waals surface area (Å²) in [5.41, 5.74) is 4.00. The van der Waals surface area contributed by atoms with Crippen LogP contribution in [0, 0.1) is 20.8 Å². The van der Waals surface area contributed by atoms with E-state index in [1.807, 2.05) is 39.8 Å². The van der Waals surface area contributed by atoms with Gasteiger partial charge in [-0.2, -0.15) is 5.10 Å². The molecule has 0 aliphatic heterocycles. The monoisotopic (exact) mass is 272 g/mol. The third-order valence-electron chi connectivity index (χ3n) is 3.19. The molecular weight excluding hydrogens is 252 g/mol. The Labute approximate surface area is 119 Å². The molecule has 1 atom stereocenters. The third kappa shape index (κ3) is 3.23. The summed E-state index contributed by atoms with van der Waals surface area (Å²) in [7, 11) is 0. The average molecular weight is 272 g/mol. The molecule has 0 spiro atoms. The number of nitrogens with zero attached hydrogens (tertiary/aromatic N) is 3. The number of carbonyl (C=O) groups is 1. The molecule has 0 saturated carbocycles. The van der Waals surface area contributed by atoms with E-state index in [4.69, 9.17) is 0 Å². The molecule has 2 aromatic heterocycles. The average Bonchev–Trinajstić information content (AvgIpc) is 2.74. The van der Waals surface area contributed by atoms with Gasteiger partial charge in [0.2, 0.25) is 5.91 Å². The minimum atomic E-state index is -0.318. The second-order valence-electron chi connectivity index (χ2n) is 5.14. The maximum atomic E-state index is 12.2. The zero-order chi connectivity index (χ0) is 14.7. The number of amides is 1. The number of carbonyl (C=O) groups excluding carboxylic acids is 1. The van der Waals surface area contributed by atoms with E-state index in [9.17, 15) is 4.79 Å². The van der Waals surface area contributed by atoms with Gasteiger partial charge >= 0.3 is 0 Å². The molecule has 0 aromatic carbocycles. The van der Waals surface area contributed by atoms with Gasteiger partial charge in [0.25, 0.3) is 0 Å². The van der Waals surface area contributed by atoms with Crippen LogP contribution >= 0.6 is 0 Å². The first kappa shape index (κ1) is 14.2. The lowest BCUT2D eigenvalue weighted by Gasteiger charge is -2.14. The molecule has 0 bridgehead atoms. The zero-order valence-corrected chi connectivity index (χ0v) is 12.3. The Morgan fingerprint density at radius 1 is 1.30 bits per heavy atom. The van der Waals surface area contributed by atoms with Crippen molar-refractivity contribution in [2.45, 2.75) is 40.3 Å². The number of nitrogens with one attached hydrogen (secondary N) is 1. The van der Waals surface area contributed by atoms with E-state index in [-0.39, 0.29) is 11.9 Å². The Kier molecular flexibility index (Phi) is 4.17. The van der Waals surface area contributed by atoms with Crippen molar-refractivity contribution < 1.29 is 4.79 Å². The quantitative estimate of drug-likeness (QED) is 0.927. The summed E-state index contributed by atoms with van der Waals surface area (Å²) in [6.07, 6.45) is 3.56. The third-order valence-corrected chi connectivity index (χ3v) is 3.19. The van der Waals surface area contributed by atoms with Gasteiger partial charge in [0, 0.05) is 24.6 Å². The van der Waals surface area contributed by atoms with Gasteiger partial charge in [-0.1, -0.05) is 6.07 Å². The summed E-state index contributed by atoms with van der Waals surface area (Å²) in [5, 5.41) is 7.26. The van der Waals surface area contributed by atoms with Crippen molar-refractivity contribution in [3.63, 3.8) is 0 Å². The lowest BCUT2D eigenvalue weighted by Crippen LogP contribution is -2.31. The largest absolute Gasteiger partial charge is 0.350 e. The number of pyridine rings is 1. The molecule has 1 unspecified atom stereocenters. The van der Waals surface area contributed by atoms with Crippen LogP contribution in [0.4, 0.5) is 0 Å². The fourth-order valence-corrected chi connectivity index (χ4v) is 2.20. The topological polar surface area (TPSA) is 59.8 Å². The molecule has 5 nitrogen and oxygen atoms in total. The molecule has 0 aliphatic rings. The van der Waals surface area contributed by atoms with Gasteiger partial charge < -0.3 is 5.32 Å². The molecule has 0 fully saturated rings. The molecule has 106 valence electrons. The van der Waals surface area contributed by atoms with Crippen LogP contribution in [-0.2, 0) is 11.3 Å². The van der Waals surface area contributed by atoms with Gasteiger partial charge in [0.15, 0.2) is 0 Å². The molecule has 2 aromatic rings. The smallest absolute Gasteiger partial charge is 0.244 e. The van der Waals surface area contributed by atoms with Crippen molar-refractivity contribution in [1.29, 1.82) is 0 Å². The fourth-order valence-electron chi connectivity index (χ4n) is 2.20. The summed E-state index contributed by atoms with van der Waals surface area (Å²) >= 11 is 0. The minimum Gasteiger partial charge on any atom is -0.350 e. The lowest BCUT2D eigenvalue weighted by atomic mass is 10.2. The molecule has 5 heteroatoms. The summed E-state index contributed by atoms with van der Waals surface area (Å²) < 4.78 is 1.75. The van der Waals surface area contributed by atoms with Crippen molar-refractivity contribution in [3.8, 4) is 0 Å². The Morgan fingerprint density at radius 2 is 2.05 bits per heavy atom. The van der Waals surface area contributed by atoms with Crippen LogP contribution in [0.5, 0.6) is 0 Å². The maximum absolute atomic E-state index is 12.2. The Hall–Kier alpha value is -2.17. The van der Waals surface area contributed by atoms with Gasteiger partial charge in [-0.25, -0.2) is 0 Å². The van der Waals surface area contributed by atoms with Crippen LogP contribution < -0.4 is 5.32 Å². The van der Waals surface area contributed by atoms with E-state index >= 15 is 0 Å². The van der Waals surface area contributed by atoms with E-state index in [2.05, 4.69) is 15.4 Å². The number of hydrogen-bond acceptors (Lipinski definition) is 3. The van der Waals surface area contributed by atoms with Crippen LogP contribution in [0.15, 0.2) is 24.5 Å². The molecule has 1 amide bonds. The predicted molar refractivity (Wildman–Crippen MR) is 77.2 cm³/mol. The van der Waals surface area contributed by atoms with Crippen molar-refractivity contribution >= 4 is 5.91 Å². The first-order valence-electron chi connectivity index (χ1n) is 6.68. The van der Waals surface area contributed by atoms with Gasteiger partial charge in [-0.3, -0.25) is 14.5 Å². The summed E-state index contributed by atoms with van der Waals surface area (Å²) in [6.45, 7) is 8.19. The standard InChI is InChI=1S/C15H20N4O/c1-10-5-14(8-16-7-10)9-17-15(20)13(4)19-12(3)6-11(2)18-19/h5-8,13H,9H2,1-4H3,(H,17,20). The molecule has 0 saturated heterocycles. The Morgan fingerprint density at radius 3 is 2.65 bits per heavy atom. The lowest BCUT2D eigenvalue weighted by molar-refractivity contribution is -0.124. The summed E-state index contributed by atoms with van der Waals surface area (Å²) in [4.78, 5) is 16.3. The maximum Gasteiger partial charge on any atom is 0.244 e. The van der Waals surface area contributed by atoms with E-state index in [0.29, 0.717) is 6.54 Å². The first-order chi connectivity index (χ1) is 9.47. The van der Waals surface area contributed by atoms with Gasteiger partial charge in [0.1, 0.15) is 6.04 Å². The molecule has 0 aliphatic carbocycles. The van der Waals surface area contributed by atoms with Crippen molar-refractivity contribution in [2.75, 3.05) is 0 Å². The van der Waals surface area contributed by atoms with Gasteiger partial charge in [-0.15, -0.1) is 0 Å². The van der Waals surface area contributed by atoms with Crippen LogP contribution in [-0.4, -0.2) is 20.7 Å². The predicted octanol–water partition coefficient (Wildman–Crippen LogP) is 2.08. The highest BCUT2D eigenvalue weighted by molar-refractivity contribution is 5.79.